The van der Waals surface area contributed by atoms with Crippen LogP contribution in [0.1, 0.15) is 10.4 Å². The number of rotatable bonds is 2. The van der Waals surface area contributed by atoms with Gasteiger partial charge in [-0.2, -0.15) is 0 Å². The fourth-order valence-electron chi connectivity index (χ4n) is 0.904. The number of benzene rings is 1. The molecule has 0 saturated heterocycles. The molecule has 0 bridgehead atoms. The van der Waals surface area contributed by atoms with Crippen LogP contribution in [0.4, 0.5) is 0 Å². The molecule has 70 valence electrons. The molecule has 0 aliphatic carbocycles. The van der Waals surface area contributed by atoms with E-state index < -0.39 is 0 Å². The van der Waals surface area contributed by atoms with E-state index in [0.29, 0.717) is 6.29 Å². The number of carbonyl (C=O) groups is 1. The highest BCUT2D eigenvalue weighted by molar-refractivity contribution is 14.1. The number of hydrogen-bond acceptors (Lipinski definition) is 4. The molecule has 0 saturated carbocycles. The lowest BCUT2D eigenvalue weighted by molar-refractivity contribution is 0.111. The number of methoxy groups -OCH3 is 1. The Labute approximate surface area is 88.3 Å². The second-order valence-corrected chi connectivity index (χ2v) is 3.37. The summed E-state index contributed by atoms with van der Waals surface area (Å²) in [5, 5.41) is 18.7. The van der Waals surface area contributed by atoms with Gasteiger partial charge in [-0.1, -0.05) is 0 Å². The van der Waals surface area contributed by atoms with Crippen LogP contribution >= 0.6 is 22.6 Å². The minimum Gasteiger partial charge on any atom is -0.507 e. The highest BCUT2D eigenvalue weighted by atomic mass is 127. The van der Waals surface area contributed by atoms with Crippen LogP contribution in [0.15, 0.2) is 6.07 Å². The molecule has 0 unspecified atom stereocenters. The summed E-state index contributed by atoms with van der Waals surface area (Å²) in [5.74, 6) is -0.210. The highest BCUT2D eigenvalue weighted by Crippen LogP contribution is 2.37. The van der Waals surface area contributed by atoms with Gasteiger partial charge in [0, 0.05) is 6.07 Å². The number of phenols is 2. The van der Waals surface area contributed by atoms with Gasteiger partial charge in [-0.05, 0) is 22.6 Å². The number of halogens is 1. The Kier molecular flexibility index (Phi) is 2.97. The summed E-state index contributed by atoms with van der Waals surface area (Å²) in [5.41, 5.74) is 0.0460. The highest BCUT2D eigenvalue weighted by Gasteiger charge is 2.15. The molecular weight excluding hydrogens is 287 g/mol. The van der Waals surface area contributed by atoms with Crippen LogP contribution in [0.5, 0.6) is 17.2 Å². The molecule has 0 spiro atoms. The lowest BCUT2D eigenvalue weighted by Crippen LogP contribution is -1.93. The number of hydrogen-bond donors (Lipinski definition) is 2. The van der Waals surface area contributed by atoms with Crippen molar-refractivity contribution in [3.8, 4) is 17.2 Å². The molecule has 0 atom stereocenters. The third-order valence-electron chi connectivity index (χ3n) is 1.56. The van der Waals surface area contributed by atoms with Crippen LogP contribution in [0.25, 0.3) is 0 Å². The third kappa shape index (κ3) is 1.69. The van der Waals surface area contributed by atoms with Gasteiger partial charge in [0.1, 0.15) is 17.2 Å². The number of carbonyl (C=O) groups excluding carboxylic acids is 1. The van der Waals surface area contributed by atoms with Crippen molar-refractivity contribution in [1.29, 1.82) is 0 Å². The van der Waals surface area contributed by atoms with E-state index >= 15 is 0 Å². The summed E-state index contributed by atoms with van der Waals surface area (Å²) < 4.78 is 5.03. The van der Waals surface area contributed by atoms with E-state index in [2.05, 4.69) is 0 Å². The number of ether oxygens (including phenoxy) is 1. The lowest BCUT2D eigenvalue weighted by Gasteiger charge is -2.08. The third-order valence-corrected chi connectivity index (χ3v) is 2.62. The SMILES string of the molecule is COc1cc(O)c(I)c(O)c1C=O. The first-order valence-electron chi connectivity index (χ1n) is 3.35. The molecule has 5 heteroatoms. The molecule has 4 nitrogen and oxygen atoms in total. The van der Waals surface area contributed by atoms with E-state index in [9.17, 15) is 15.0 Å². The molecule has 0 amide bonds. The summed E-state index contributed by atoms with van der Waals surface area (Å²) in [6.07, 6.45) is 0.482. The maximum atomic E-state index is 10.5. The first kappa shape index (κ1) is 10.1. The first-order chi connectivity index (χ1) is 6.11. The van der Waals surface area contributed by atoms with Crippen LogP contribution in [0, 0.1) is 3.57 Å². The smallest absolute Gasteiger partial charge is 0.157 e. The Balaban J connectivity index is 3.47. The largest absolute Gasteiger partial charge is 0.507 e. The Morgan fingerprint density at radius 3 is 2.62 bits per heavy atom. The van der Waals surface area contributed by atoms with E-state index in [-0.39, 0.29) is 26.4 Å². The Morgan fingerprint density at radius 1 is 1.54 bits per heavy atom. The zero-order valence-electron chi connectivity index (χ0n) is 6.74. The van der Waals surface area contributed by atoms with E-state index in [4.69, 9.17) is 4.74 Å². The standard InChI is InChI=1S/C8H7IO4/c1-13-6-2-5(11)7(9)8(12)4(6)3-10/h2-3,11-12H,1H3. The summed E-state index contributed by atoms with van der Waals surface area (Å²) in [6, 6.07) is 1.28. The molecule has 0 aliphatic heterocycles. The van der Waals surface area contributed by atoms with Crippen LogP contribution in [0.3, 0.4) is 0 Å². The maximum Gasteiger partial charge on any atom is 0.157 e. The molecule has 13 heavy (non-hydrogen) atoms. The van der Waals surface area contributed by atoms with Crippen molar-refractivity contribution in [2.24, 2.45) is 0 Å². The van der Waals surface area contributed by atoms with Gasteiger partial charge in [0.2, 0.25) is 0 Å². The van der Waals surface area contributed by atoms with Crippen molar-refractivity contribution in [3.05, 3.63) is 15.2 Å². The summed E-state index contributed by atoms with van der Waals surface area (Å²) in [7, 11) is 1.36. The van der Waals surface area contributed by atoms with E-state index in [0.717, 1.165) is 0 Å². The Hall–Kier alpha value is -0.980. The van der Waals surface area contributed by atoms with E-state index in [1.54, 1.807) is 22.6 Å². The second kappa shape index (κ2) is 3.82. The van der Waals surface area contributed by atoms with E-state index in [1.165, 1.54) is 13.2 Å². The van der Waals surface area contributed by atoms with Crippen LogP contribution in [-0.4, -0.2) is 23.6 Å². The van der Waals surface area contributed by atoms with Gasteiger partial charge in [0.25, 0.3) is 0 Å². The van der Waals surface area contributed by atoms with Gasteiger partial charge < -0.3 is 14.9 Å². The van der Waals surface area contributed by atoms with Crippen molar-refractivity contribution >= 4 is 28.9 Å². The van der Waals surface area contributed by atoms with E-state index in [1.807, 2.05) is 0 Å². The van der Waals surface area contributed by atoms with Crippen LogP contribution < -0.4 is 4.74 Å². The quantitative estimate of drug-likeness (QED) is 0.641. The van der Waals surface area contributed by atoms with Crippen molar-refractivity contribution < 1.29 is 19.7 Å². The predicted molar refractivity (Wildman–Crippen MR) is 54.4 cm³/mol. The molecule has 0 aliphatic rings. The Bertz CT molecular complexity index is 348. The average Bonchev–Trinajstić information content (AvgIpc) is 2.13. The monoisotopic (exact) mass is 294 g/mol. The molecule has 0 heterocycles. The zero-order valence-corrected chi connectivity index (χ0v) is 8.90. The molecule has 0 radical (unpaired) electrons. The molecule has 0 fully saturated rings. The number of aromatic hydroxyl groups is 2. The fraction of sp³-hybridized carbons (Fsp3) is 0.125. The van der Waals surface area contributed by atoms with Crippen LogP contribution in [-0.2, 0) is 0 Å². The summed E-state index contributed by atoms with van der Waals surface area (Å²) >= 11 is 1.74. The summed E-state index contributed by atoms with van der Waals surface area (Å²) in [4.78, 5) is 10.5. The molecule has 2 N–H and O–H groups in total. The van der Waals surface area contributed by atoms with Gasteiger partial charge in [0.05, 0.1) is 16.2 Å². The fourth-order valence-corrected chi connectivity index (χ4v) is 1.35. The lowest BCUT2D eigenvalue weighted by atomic mass is 10.2. The molecule has 1 aromatic rings. The minimum atomic E-state index is -0.257. The second-order valence-electron chi connectivity index (χ2n) is 2.29. The van der Waals surface area contributed by atoms with Gasteiger partial charge in [0.15, 0.2) is 6.29 Å². The summed E-state index contributed by atoms with van der Waals surface area (Å²) in [6.45, 7) is 0. The van der Waals surface area contributed by atoms with Gasteiger partial charge in [-0.25, -0.2) is 0 Å². The minimum absolute atomic E-state index is 0.0460. The van der Waals surface area contributed by atoms with Gasteiger partial charge in [-0.15, -0.1) is 0 Å². The van der Waals surface area contributed by atoms with Crippen molar-refractivity contribution in [2.75, 3.05) is 7.11 Å². The number of aldehydes is 1. The van der Waals surface area contributed by atoms with Crippen molar-refractivity contribution in [1.82, 2.24) is 0 Å². The molecule has 1 rings (SSSR count). The predicted octanol–water partition coefficient (Wildman–Crippen LogP) is 1.52. The van der Waals surface area contributed by atoms with Crippen LogP contribution in [0.2, 0.25) is 0 Å². The first-order valence-corrected chi connectivity index (χ1v) is 4.43. The molecule has 0 aromatic heterocycles. The van der Waals surface area contributed by atoms with Gasteiger partial charge >= 0.3 is 0 Å². The zero-order chi connectivity index (χ0) is 10.0. The van der Waals surface area contributed by atoms with Crippen molar-refractivity contribution in [3.63, 3.8) is 0 Å². The normalized spacial score (nSPS) is 9.69. The Morgan fingerprint density at radius 2 is 2.15 bits per heavy atom. The van der Waals surface area contributed by atoms with Crippen molar-refractivity contribution in [2.45, 2.75) is 0 Å². The van der Waals surface area contributed by atoms with Gasteiger partial charge in [-0.3, -0.25) is 4.79 Å². The molecular formula is C8H7IO4. The molecule has 1 aromatic carbocycles. The topological polar surface area (TPSA) is 66.8 Å². The number of phenolic OH excluding ortho intramolecular Hbond substituents is 2. The average molecular weight is 294 g/mol. The maximum absolute atomic E-state index is 10.5.